The summed E-state index contributed by atoms with van der Waals surface area (Å²) in [4.78, 5) is 25.5. The highest BCUT2D eigenvalue weighted by Gasteiger charge is 2.35. The van der Waals surface area contributed by atoms with Gasteiger partial charge in [0.05, 0.1) is 24.3 Å². The SMILES string of the molecule is O=C1c2ccccc2C(=O)N1CCC1OCCCO1. The molecule has 5 nitrogen and oxygen atoms in total. The lowest BCUT2D eigenvalue weighted by molar-refractivity contribution is -0.181. The third-order valence-corrected chi connectivity index (χ3v) is 3.36. The molecule has 0 radical (unpaired) electrons. The van der Waals surface area contributed by atoms with E-state index in [1.54, 1.807) is 24.3 Å². The third kappa shape index (κ3) is 2.27. The van der Waals surface area contributed by atoms with Gasteiger partial charge < -0.3 is 9.47 Å². The second kappa shape index (κ2) is 5.11. The molecule has 0 atom stereocenters. The second-order valence-electron chi connectivity index (χ2n) is 4.62. The van der Waals surface area contributed by atoms with E-state index in [9.17, 15) is 9.59 Å². The number of amides is 2. The highest BCUT2D eigenvalue weighted by Crippen LogP contribution is 2.23. The Labute approximate surface area is 111 Å². The summed E-state index contributed by atoms with van der Waals surface area (Å²) in [7, 11) is 0. The Bertz CT molecular complexity index is 473. The molecule has 2 aliphatic heterocycles. The minimum atomic E-state index is -0.307. The number of nitrogens with zero attached hydrogens (tertiary/aromatic N) is 1. The van der Waals surface area contributed by atoms with Crippen molar-refractivity contribution in [3.63, 3.8) is 0 Å². The largest absolute Gasteiger partial charge is 0.353 e. The van der Waals surface area contributed by atoms with E-state index in [-0.39, 0.29) is 18.1 Å². The molecule has 0 N–H and O–H groups in total. The Morgan fingerprint density at radius 3 is 2.21 bits per heavy atom. The molecule has 1 saturated heterocycles. The van der Waals surface area contributed by atoms with Gasteiger partial charge in [-0.3, -0.25) is 14.5 Å². The molecule has 0 saturated carbocycles. The van der Waals surface area contributed by atoms with Crippen molar-refractivity contribution in [1.82, 2.24) is 4.90 Å². The summed E-state index contributed by atoms with van der Waals surface area (Å²) < 4.78 is 10.8. The Balaban J connectivity index is 1.67. The van der Waals surface area contributed by atoms with Crippen molar-refractivity contribution in [2.24, 2.45) is 0 Å². The average Bonchev–Trinajstić information content (AvgIpc) is 2.71. The number of fused-ring (bicyclic) bond motifs is 1. The fourth-order valence-electron chi connectivity index (χ4n) is 2.38. The number of hydrogen-bond acceptors (Lipinski definition) is 4. The smallest absolute Gasteiger partial charge is 0.261 e. The van der Waals surface area contributed by atoms with Crippen molar-refractivity contribution in [2.75, 3.05) is 19.8 Å². The van der Waals surface area contributed by atoms with E-state index in [0.29, 0.717) is 37.3 Å². The number of rotatable bonds is 3. The van der Waals surface area contributed by atoms with Crippen LogP contribution < -0.4 is 0 Å². The first-order valence-corrected chi connectivity index (χ1v) is 6.46. The van der Waals surface area contributed by atoms with Crippen molar-refractivity contribution in [3.8, 4) is 0 Å². The highest BCUT2D eigenvalue weighted by atomic mass is 16.7. The Hall–Kier alpha value is -1.72. The highest BCUT2D eigenvalue weighted by molar-refractivity contribution is 6.21. The molecule has 100 valence electrons. The van der Waals surface area contributed by atoms with E-state index in [0.717, 1.165) is 6.42 Å². The maximum absolute atomic E-state index is 12.1. The minimum Gasteiger partial charge on any atom is -0.353 e. The maximum Gasteiger partial charge on any atom is 0.261 e. The number of carbonyl (C=O) groups is 2. The summed E-state index contributed by atoms with van der Waals surface area (Å²) in [5, 5.41) is 0. The first-order chi connectivity index (χ1) is 9.27. The van der Waals surface area contributed by atoms with Gasteiger partial charge in [-0.2, -0.15) is 0 Å². The predicted molar refractivity (Wildman–Crippen MR) is 66.7 cm³/mol. The number of ether oxygens (including phenoxy) is 2. The summed E-state index contributed by atoms with van der Waals surface area (Å²) in [5.74, 6) is -0.451. The molecule has 2 heterocycles. The molecule has 0 bridgehead atoms. The maximum atomic E-state index is 12.1. The fraction of sp³-hybridized carbons (Fsp3) is 0.429. The van der Waals surface area contributed by atoms with Crippen LogP contribution in [0.2, 0.25) is 0 Å². The van der Waals surface area contributed by atoms with Crippen molar-refractivity contribution in [2.45, 2.75) is 19.1 Å². The summed E-state index contributed by atoms with van der Waals surface area (Å²) in [6.07, 6.45) is 1.10. The summed E-state index contributed by atoms with van der Waals surface area (Å²) in [5.41, 5.74) is 0.968. The van der Waals surface area contributed by atoms with Gasteiger partial charge in [0, 0.05) is 13.0 Å². The van der Waals surface area contributed by atoms with Gasteiger partial charge in [-0.15, -0.1) is 0 Å². The number of imide groups is 1. The molecule has 0 aromatic heterocycles. The van der Waals surface area contributed by atoms with Gasteiger partial charge in [0.25, 0.3) is 11.8 Å². The fourth-order valence-corrected chi connectivity index (χ4v) is 2.38. The monoisotopic (exact) mass is 261 g/mol. The van der Waals surface area contributed by atoms with Crippen molar-refractivity contribution >= 4 is 11.8 Å². The zero-order chi connectivity index (χ0) is 13.2. The van der Waals surface area contributed by atoms with Crippen LogP contribution in [0.15, 0.2) is 24.3 Å². The average molecular weight is 261 g/mol. The molecule has 0 spiro atoms. The normalized spacial score (nSPS) is 19.9. The molecule has 3 rings (SSSR count). The van der Waals surface area contributed by atoms with Gasteiger partial charge in [-0.05, 0) is 18.6 Å². The minimum absolute atomic E-state index is 0.226. The Morgan fingerprint density at radius 1 is 1.05 bits per heavy atom. The molecular weight excluding hydrogens is 246 g/mol. The van der Waals surface area contributed by atoms with Gasteiger partial charge in [0.15, 0.2) is 6.29 Å². The number of carbonyl (C=O) groups excluding carboxylic acids is 2. The van der Waals surface area contributed by atoms with Crippen molar-refractivity contribution in [1.29, 1.82) is 0 Å². The standard InChI is InChI=1S/C14H15NO4/c16-13-10-4-1-2-5-11(10)14(17)15(13)7-6-12-18-8-3-9-19-12/h1-2,4-5,12H,3,6-9H2. The molecule has 19 heavy (non-hydrogen) atoms. The van der Waals surface area contributed by atoms with Crippen LogP contribution in [0, 0.1) is 0 Å². The first-order valence-electron chi connectivity index (χ1n) is 6.46. The van der Waals surface area contributed by atoms with E-state index < -0.39 is 0 Å². The summed E-state index contributed by atoms with van der Waals surface area (Å²) >= 11 is 0. The van der Waals surface area contributed by atoms with E-state index >= 15 is 0 Å². The van der Waals surface area contributed by atoms with E-state index in [1.807, 2.05) is 0 Å². The summed E-state index contributed by atoms with van der Waals surface area (Å²) in [6.45, 7) is 1.68. The second-order valence-corrected chi connectivity index (χ2v) is 4.62. The number of hydrogen-bond donors (Lipinski definition) is 0. The Morgan fingerprint density at radius 2 is 1.63 bits per heavy atom. The zero-order valence-corrected chi connectivity index (χ0v) is 10.5. The molecule has 0 unspecified atom stereocenters. The van der Waals surface area contributed by atoms with E-state index in [2.05, 4.69) is 0 Å². The molecule has 1 aromatic carbocycles. The lowest BCUT2D eigenvalue weighted by atomic mass is 10.1. The molecule has 0 aliphatic carbocycles. The van der Waals surface area contributed by atoms with Crippen LogP contribution in [-0.4, -0.2) is 42.8 Å². The predicted octanol–water partition coefficient (Wildman–Crippen LogP) is 1.44. The van der Waals surface area contributed by atoms with Gasteiger partial charge >= 0.3 is 0 Å². The summed E-state index contributed by atoms with van der Waals surface area (Å²) in [6, 6.07) is 6.90. The molecule has 2 aliphatic rings. The van der Waals surface area contributed by atoms with Crippen molar-refractivity contribution < 1.29 is 19.1 Å². The quantitative estimate of drug-likeness (QED) is 0.772. The van der Waals surface area contributed by atoms with E-state index in [4.69, 9.17) is 9.47 Å². The van der Waals surface area contributed by atoms with Crippen LogP contribution in [0.3, 0.4) is 0 Å². The topological polar surface area (TPSA) is 55.8 Å². The van der Waals surface area contributed by atoms with Crippen LogP contribution in [-0.2, 0) is 9.47 Å². The van der Waals surface area contributed by atoms with Crippen LogP contribution in [0.5, 0.6) is 0 Å². The lowest BCUT2D eigenvalue weighted by Crippen LogP contribution is -2.35. The van der Waals surface area contributed by atoms with Crippen LogP contribution in [0.1, 0.15) is 33.6 Å². The van der Waals surface area contributed by atoms with Crippen molar-refractivity contribution in [3.05, 3.63) is 35.4 Å². The van der Waals surface area contributed by atoms with Gasteiger partial charge in [0.1, 0.15) is 0 Å². The molecule has 1 aromatic rings. The lowest BCUT2D eigenvalue weighted by Gasteiger charge is -2.24. The molecule has 5 heteroatoms. The van der Waals surface area contributed by atoms with Crippen LogP contribution in [0.25, 0.3) is 0 Å². The Kier molecular flexibility index (Phi) is 3.31. The van der Waals surface area contributed by atoms with Gasteiger partial charge in [0.2, 0.25) is 0 Å². The van der Waals surface area contributed by atoms with Crippen LogP contribution >= 0.6 is 0 Å². The van der Waals surface area contributed by atoms with E-state index in [1.165, 1.54) is 4.90 Å². The van der Waals surface area contributed by atoms with Gasteiger partial charge in [-0.25, -0.2) is 0 Å². The first kappa shape index (κ1) is 12.3. The molecule has 1 fully saturated rings. The number of benzene rings is 1. The van der Waals surface area contributed by atoms with Gasteiger partial charge in [-0.1, -0.05) is 12.1 Å². The van der Waals surface area contributed by atoms with Crippen LogP contribution in [0.4, 0.5) is 0 Å². The zero-order valence-electron chi connectivity index (χ0n) is 10.5. The molecule has 2 amide bonds. The third-order valence-electron chi connectivity index (χ3n) is 3.36. The molecular formula is C14H15NO4.